The van der Waals surface area contributed by atoms with Crippen LogP contribution in [0.25, 0.3) is 0 Å². The summed E-state index contributed by atoms with van der Waals surface area (Å²) >= 11 is 0. The zero-order chi connectivity index (χ0) is 24.9. The van der Waals surface area contributed by atoms with Crippen molar-refractivity contribution in [1.29, 1.82) is 0 Å². The van der Waals surface area contributed by atoms with Gasteiger partial charge in [-0.15, -0.1) is 0 Å². The first-order valence-corrected chi connectivity index (χ1v) is 12.8. The van der Waals surface area contributed by atoms with E-state index in [2.05, 4.69) is 0 Å². The van der Waals surface area contributed by atoms with Gasteiger partial charge in [-0.05, 0) is 63.4 Å². The second-order valence-electron chi connectivity index (χ2n) is 8.41. The number of amides is 1. The number of anilines is 1. The Balaban J connectivity index is 1.90. The summed E-state index contributed by atoms with van der Waals surface area (Å²) in [7, 11) is -2.59. The molecule has 2 aromatic carbocycles. The number of sulfonamides is 1. The number of ether oxygens (including phenoxy) is 2. The van der Waals surface area contributed by atoms with Crippen LogP contribution in [0.4, 0.5) is 5.69 Å². The van der Waals surface area contributed by atoms with Gasteiger partial charge >= 0.3 is 5.97 Å². The Morgan fingerprint density at radius 3 is 2.24 bits per heavy atom. The van der Waals surface area contributed by atoms with Gasteiger partial charge in [0, 0.05) is 13.1 Å². The van der Waals surface area contributed by atoms with Gasteiger partial charge < -0.3 is 14.4 Å². The molecule has 34 heavy (non-hydrogen) atoms. The molecule has 1 aliphatic heterocycles. The Bertz CT molecular complexity index is 1120. The van der Waals surface area contributed by atoms with Gasteiger partial charge in [0.05, 0.1) is 30.2 Å². The second-order valence-corrected chi connectivity index (χ2v) is 10.3. The van der Waals surface area contributed by atoms with Crippen LogP contribution < -0.4 is 9.04 Å². The van der Waals surface area contributed by atoms with Crippen LogP contribution >= 0.6 is 0 Å². The Morgan fingerprint density at radius 2 is 1.65 bits per heavy atom. The molecule has 0 atom stereocenters. The van der Waals surface area contributed by atoms with Crippen molar-refractivity contribution in [2.45, 2.75) is 38.5 Å². The van der Waals surface area contributed by atoms with Gasteiger partial charge in [0.2, 0.25) is 5.91 Å². The Morgan fingerprint density at radius 1 is 1.03 bits per heavy atom. The zero-order valence-electron chi connectivity index (χ0n) is 20.1. The summed E-state index contributed by atoms with van der Waals surface area (Å²) in [6.07, 6.45) is 0.978. The van der Waals surface area contributed by atoms with Crippen LogP contribution in [0, 0.1) is 19.8 Å². The maximum Gasteiger partial charge on any atom is 0.309 e. The molecule has 0 bridgehead atoms. The van der Waals surface area contributed by atoms with E-state index < -0.39 is 10.0 Å². The fraction of sp³-hybridized carbons (Fsp3) is 0.440. The third-order valence-corrected chi connectivity index (χ3v) is 7.73. The van der Waals surface area contributed by atoms with Crippen molar-refractivity contribution >= 4 is 27.6 Å². The van der Waals surface area contributed by atoms with Crippen molar-refractivity contribution in [3.8, 4) is 5.75 Å². The number of likely N-dealkylation sites (tertiary alicyclic amines) is 1. The highest BCUT2D eigenvalue weighted by Crippen LogP contribution is 2.34. The lowest BCUT2D eigenvalue weighted by atomic mass is 9.97. The van der Waals surface area contributed by atoms with Crippen LogP contribution in [0.1, 0.15) is 30.9 Å². The summed E-state index contributed by atoms with van der Waals surface area (Å²) < 4.78 is 39.0. The van der Waals surface area contributed by atoms with Crippen molar-refractivity contribution < 1.29 is 27.5 Å². The highest BCUT2D eigenvalue weighted by Gasteiger charge is 2.33. The molecule has 0 radical (unpaired) electrons. The summed E-state index contributed by atoms with van der Waals surface area (Å²) in [6.45, 7) is 6.17. The number of carbonyl (C=O) groups excluding carboxylic acids is 2. The molecule has 0 aromatic heterocycles. The number of methoxy groups -OCH3 is 1. The van der Waals surface area contributed by atoms with Gasteiger partial charge in [-0.25, -0.2) is 8.42 Å². The zero-order valence-corrected chi connectivity index (χ0v) is 20.9. The van der Waals surface area contributed by atoms with Crippen LogP contribution in [0.5, 0.6) is 5.75 Å². The molecule has 0 unspecified atom stereocenters. The summed E-state index contributed by atoms with van der Waals surface area (Å²) in [4.78, 5) is 27.0. The van der Waals surface area contributed by atoms with Gasteiger partial charge in [0.15, 0.2) is 0 Å². The van der Waals surface area contributed by atoms with Crippen molar-refractivity contribution in [3.63, 3.8) is 0 Å². The highest BCUT2D eigenvalue weighted by atomic mass is 32.2. The fourth-order valence-corrected chi connectivity index (χ4v) is 5.40. The van der Waals surface area contributed by atoms with Crippen LogP contribution in [0.15, 0.2) is 47.4 Å². The third kappa shape index (κ3) is 5.70. The van der Waals surface area contributed by atoms with Gasteiger partial charge in [0.25, 0.3) is 10.0 Å². The van der Waals surface area contributed by atoms with Crippen molar-refractivity contribution in [2.75, 3.05) is 37.7 Å². The maximum atomic E-state index is 13.7. The van der Waals surface area contributed by atoms with E-state index in [0.29, 0.717) is 44.0 Å². The molecule has 1 aliphatic rings. The Kier molecular flexibility index (Phi) is 8.19. The average molecular weight is 489 g/mol. The first kappa shape index (κ1) is 25.6. The van der Waals surface area contributed by atoms with E-state index in [9.17, 15) is 18.0 Å². The second kappa shape index (κ2) is 10.9. The lowest BCUT2D eigenvalue weighted by Crippen LogP contribution is -2.46. The van der Waals surface area contributed by atoms with Gasteiger partial charge in [0.1, 0.15) is 12.3 Å². The van der Waals surface area contributed by atoms with Crippen LogP contribution in [0.2, 0.25) is 0 Å². The smallest absolute Gasteiger partial charge is 0.309 e. The normalized spacial score (nSPS) is 14.5. The maximum absolute atomic E-state index is 13.7. The van der Waals surface area contributed by atoms with Crippen molar-refractivity contribution in [3.05, 3.63) is 53.6 Å². The predicted octanol–water partition coefficient (Wildman–Crippen LogP) is 3.31. The van der Waals surface area contributed by atoms with E-state index in [4.69, 9.17) is 9.47 Å². The van der Waals surface area contributed by atoms with Crippen LogP contribution in [-0.4, -0.2) is 58.5 Å². The molecule has 0 aliphatic carbocycles. The lowest BCUT2D eigenvalue weighted by Gasteiger charge is -2.33. The Labute approximate surface area is 201 Å². The van der Waals surface area contributed by atoms with E-state index in [1.165, 1.54) is 19.2 Å². The molecule has 0 saturated carbocycles. The number of hydrogen-bond acceptors (Lipinski definition) is 6. The van der Waals surface area contributed by atoms with E-state index >= 15 is 0 Å². The van der Waals surface area contributed by atoms with Crippen LogP contribution in [-0.2, 0) is 24.3 Å². The summed E-state index contributed by atoms with van der Waals surface area (Å²) in [5, 5.41) is 0. The number of aryl methyl sites for hydroxylation is 2. The third-order valence-electron chi connectivity index (χ3n) is 5.96. The number of rotatable bonds is 8. The number of nitrogens with zero attached hydrogens (tertiary/aromatic N) is 2. The predicted molar refractivity (Wildman–Crippen MR) is 129 cm³/mol. The minimum Gasteiger partial charge on any atom is -0.495 e. The van der Waals surface area contributed by atoms with Gasteiger partial charge in [-0.1, -0.05) is 23.8 Å². The molecule has 2 aromatic rings. The number of hydrogen-bond donors (Lipinski definition) is 0. The number of benzene rings is 2. The number of esters is 1. The molecule has 0 N–H and O–H groups in total. The molecule has 1 amide bonds. The molecule has 9 heteroatoms. The molecule has 0 spiro atoms. The van der Waals surface area contributed by atoms with E-state index in [0.717, 1.165) is 15.4 Å². The molecule has 8 nitrogen and oxygen atoms in total. The van der Waals surface area contributed by atoms with E-state index in [1.54, 1.807) is 36.1 Å². The van der Waals surface area contributed by atoms with E-state index in [1.807, 2.05) is 19.9 Å². The van der Waals surface area contributed by atoms with Crippen molar-refractivity contribution in [2.24, 2.45) is 5.92 Å². The fourth-order valence-electron chi connectivity index (χ4n) is 3.98. The lowest BCUT2D eigenvalue weighted by molar-refractivity contribution is -0.151. The highest BCUT2D eigenvalue weighted by molar-refractivity contribution is 7.92. The topological polar surface area (TPSA) is 93.2 Å². The molecule has 184 valence electrons. The SMILES string of the molecule is CCOC(=O)C1CCN(C(=O)CN(c2cc(C)ccc2OC)S(=O)(=O)c2ccc(C)cc2)CC1. The molecule has 1 heterocycles. The quantitative estimate of drug-likeness (QED) is 0.530. The molecular weight excluding hydrogens is 456 g/mol. The molecule has 3 rings (SSSR count). The monoisotopic (exact) mass is 488 g/mol. The minimum atomic E-state index is -4.05. The first-order valence-electron chi connectivity index (χ1n) is 11.4. The standard InChI is InChI=1S/C25H32N2O6S/c1-5-33-25(29)20-12-14-26(15-13-20)24(28)17-27(22-16-19(3)8-11-23(22)32-4)34(30,31)21-9-6-18(2)7-10-21/h6-11,16,20H,5,12-15,17H2,1-4H3. The first-order chi connectivity index (χ1) is 16.2. The number of carbonyl (C=O) groups is 2. The Hall–Kier alpha value is -3.07. The average Bonchev–Trinajstić information content (AvgIpc) is 2.82. The summed E-state index contributed by atoms with van der Waals surface area (Å²) in [5.41, 5.74) is 2.07. The van der Waals surface area contributed by atoms with Gasteiger partial charge in [-0.3, -0.25) is 13.9 Å². The van der Waals surface area contributed by atoms with Crippen molar-refractivity contribution in [1.82, 2.24) is 4.90 Å². The molecule has 1 fully saturated rings. The summed E-state index contributed by atoms with van der Waals surface area (Å²) in [6, 6.07) is 11.7. The van der Waals surface area contributed by atoms with E-state index in [-0.39, 0.29) is 29.2 Å². The minimum absolute atomic E-state index is 0.0930. The van der Waals surface area contributed by atoms with Crippen LogP contribution in [0.3, 0.4) is 0 Å². The molecular formula is C25H32N2O6S. The number of piperidine rings is 1. The largest absolute Gasteiger partial charge is 0.495 e. The summed E-state index contributed by atoms with van der Waals surface area (Å²) in [5.74, 6) is -0.465. The molecule has 1 saturated heterocycles. The van der Waals surface area contributed by atoms with Gasteiger partial charge in [-0.2, -0.15) is 0 Å².